The Morgan fingerprint density at radius 3 is 2.31 bits per heavy atom. The number of allylic oxidation sites excluding steroid dienone is 1. The van der Waals surface area contributed by atoms with E-state index in [-0.39, 0.29) is 0 Å². The summed E-state index contributed by atoms with van der Waals surface area (Å²) in [7, 11) is -1.42. The molecule has 0 radical (unpaired) electrons. The van der Waals surface area contributed by atoms with E-state index >= 15 is 0 Å². The predicted octanol–water partition coefficient (Wildman–Crippen LogP) is 3.09. The van der Waals surface area contributed by atoms with Crippen LogP contribution in [0, 0.1) is 0 Å². The van der Waals surface area contributed by atoms with Crippen LogP contribution in [0.5, 0.6) is 0 Å². The zero-order valence-electron chi connectivity index (χ0n) is 8.18. The Kier molecular flexibility index (Phi) is 3.51. The smallest absolute Gasteiger partial charge is 0.103 e. The van der Waals surface area contributed by atoms with E-state index in [9.17, 15) is 0 Å². The van der Waals surface area contributed by atoms with Gasteiger partial charge in [-0.3, -0.25) is 0 Å². The molecule has 1 aromatic carbocycles. The Hall–Kier alpha value is -0.343. The summed E-state index contributed by atoms with van der Waals surface area (Å²) >= 11 is 3.48. The van der Waals surface area contributed by atoms with Gasteiger partial charge in [0.2, 0.25) is 0 Å². The van der Waals surface area contributed by atoms with Crippen LogP contribution in [0.15, 0.2) is 42.1 Å². The molecule has 0 N–H and O–H groups in total. The number of halogens is 1. The van der Waals surface area contributed by atoms with Crippen LogP contribution in [0.2, 0.25) is 13.1 Å². The molecule has 0 aliphatic carbocycles. The molecule has 0 nitrogen and oxygen atoms in total. The van der Waals surface area contributed by atoms with E-state index in [2.05, 4.69) is 65.9 Å². The fourth-order valence-electron chi connectivity index (χ4n) is 1.23. The standard InChI is InChI=1S/C11H15BrSi/c1-10(9-12)13(2,3)11-7-5-4-6-8-11/h4-8H,1,9H2,2-3H3. The lowest BCUT2D eigenvalue weighted by atomic mass is 10.4. The molecule has 0 bridgehead atoms. The maximum atomic E-state index is 4.14. The van der Waals surface area contributed by atoms with Gasteiger partial charge in [-0.2, -0.15) is 0 Å². The highest BCUT2D eigenvalue weighted by molar-refractivity contribution is 9.09. The Bertz CT molecular complexity index is 290. The van der Waals surface area contributed by atoms with Crippen molar-refractivity contribution in [1.29, 1.82) is 0 Å². The first-order chi connectivity index (χ1) is 6.09. The van der Waals surface area contributed by atoms with Crippen LogP contribution in [0.1, 0.15) is 0 Å². The third-order valence-electron chi connectivity index (χ3n) is 2.54. The Morgan fingerprint density at radius 1 is 1.31 bits per heavy atom. The number of rotatable bonds is 3. The van der Waals surface area contributed by atoms with Crippen LogP contribution in [-0.4, -0.2) is 13.4 Å². The van der Waals surface area contributed by atoms with Gasteiger partial charge in [-0.15, -0.1) is 6.58 Å². The van der Waals surface area contributed by atoms with E-state index < -0.39 is 8.07 Å². The highest BCUT2D eigenvalue weighted by atomic mass is 79.9. The monoisotopic (exact) mass is 254 g/mol. The van der Waals surface area contributed by atoms with Gasteiger partial charge in [-0.1, -0.05) is 69.7 Å². The molecule has 1 aromatic rings. The molecule has 0 aromatic heterocycles. The van der Waals surface area contributed by atoms with E-state index in [1.54, 1.807) is 0 Å². The Morgan fingerprint density at radius 2 is 1.85 bits per heavy atom. The zero-order valence-corrected chi connectivity index (χ0v) is 10.8. The summed E-state index contributed by atoms with van der Waals surface area (Å²) in [5.41, 5.74) is 0. The normalized spacial score (nSPS) is 11.3. The molecule has 13 heavy (non-hydrogen) atoms. The molecule has 0 atom stereocenters. The van der Waals surface area contributed by atoms with Crippen LogP contribution in [0.25, 0.3) is 0 Å². The lowest BCUT2D eigenvalue weighted by Crippen LogP contribution is -2.43. The largest absolute Gasteiger partial charge is 0.107 e. The zero-order chi connectivity index (χ0) is 9.90. The lowest BCUT2D eigenvalue weighted by Gasteiger charge is -2.24. The van der Waals surface area contributed by atoms with Gasteiger partial charge in [0, 0.05) is 5.33 Å². The van der Waals surface area contributed by atoms with Crippen molar-refractivity contribution in [3.05, 3.63) is 42.1 Å². The highest BCUT2D eigenvalue weighted by Gasteiger charge is 2.25. The molecule has 70 valence electrons. The van der Waals surface area contributed by atoms with Crippen molar-refractivity contribution in [2.24, 2.45) is 0 Å². The average molecular weight is 255 g/mol. The minimum Gasteiger partial charge on any atom is -0.103 e. The van der Waals surface area contributed by atoms with E-state index in [0.29, 0.717) is 0 Å². The van der Waals surface area contributed by atoms with Gasteiger partial charge in [-0.05, 0) is 0 Å². The summed E-state index contributed by atoms with van der Waals surface area (Å²) in [6, 6.07) is 10.7. The van der Waals surface area contributed by atoms with Crippen LogP contribution >= 0.6 is 15.9 Å². The third-order valence-corrected chi connectivity index (χ3v) is 7.46. The maximum absolute atomic E-state index is 4.14. The first-order valence-electron chi connectivity index (χ1n) is 4.39. The van der Waals surface area contributed by atoms with Crippen molar-refractivity contribution < 1.29 is 0 Å². The number of benzene rings is 1. The van der Waals surface area contributed by atoms with Crippen LogP contribution < -0.4 is 5.19 Å². The van der Waals surface area contributed by atoms with Crippen molar-refractivity contribution in [3.63, 3.8) is 0 Å². The number of hydrogen-bond acceptors (Lipinski definition) is 0. The third kappa shape index (κ3) is 2.32. The van der Waals surface area contributed by atoms with Gasteiger partial charge in [0.1, 0.15) is 8.07 Å². The van der Waals surface area contributed by atoms with Crippen molar-refractivity contribution in [3.8, 4) is 0 Å². The van der Waals surface area contributed by atoms with Gasteiger partial charge in [0.25, 0.3) is 0 Å². The molecule has 0 spiro atoms. The maximum Gasteiger partial charge on any atom is 0.107 e. The van der Waals surface area contributed by atoms with Crippen LogP contribution in [-0.2, 0) is 0 Å². The second-order valence-electron chi connectivity index (χ2n) is 3.73. The van der Waals surface area contributed by atoms with Crippen LogP contribution in [0.3, 0.4) is 0 Å². The van der Waals surface area contributed by atoms with Gasteiger partial charge in [0.05, 0.1) is 0 Å². The first-order valence-corrected chi connectivity index (χ1v) is 8.51. The van der Waals surface area contributed by atoms with E-state index in [0.717, 1.165) is 5.33 Å². The second-order valence-corrected chi connectivity index (χ2v) is 8.82. The van der Waals surface area contributed by atoms with Gasteiger partial charge >= 0.3 is 0 Å². The Labute approximate surface area is 89.8 Å². The fourth-order valence-corrected chi connectivity index (χ4v) is 5.10. The molecule has 0 saturated carbocycles. The minimum atomic E-state index is -1.42. The molecule has 0 aliphatic rings. The number of alkyl halides is 1. The molecular formula is C11H15BrSi. The van der Waals surface area contributed by atoms with Gasteiger partial charge in [0.15, 0.2) is 0 Å². The molecule has 2 heteroatoms. The lowest BCUT2D eigenvalue weighted by molar-refractivity contribution is 1.60. The van der Waals surface area contributed by atoms with Crippen molar-refractivity contribution in [2.45, 2.75) is 13.1 Å². The first kappa shape index (κ1) is 10.7. The topological polar surface area (TPSA) is 0 Å². The highest BCUT2D eigenvalue weighted by Crippen LogP contribution is 2.14. The summed E-state index contributed by atoms with van der Waals surface area (Å²) in [6.45, 7) is 8.81. The minimum absolute atomic E-state index is 0.918. The second kappa shape index (κ2) is 4.25. The molecular weight excluding hydrogens is 240 g/mol. The van der Waals surface area contributed by atoms with E-state index in [4.69, 9.17) is 0 Å². The molecule has 0 unspecified atom stereocenters. The van der Waals surface area contributed by atoms with Crippen molar-refractivity contribution in [2.75, 3.05) is 5.33 Å². The summed E-state index contributed by atoms with van der Waals surface area (Å²) in [6.07, 6.45) is 0. The van der Waals surface area contributed by atoms with Crippen molar-refractivity contribution in [1.82, 2.24) is 0 Å². The predicted molar refractivity (Wildman–Crippen MR) is 66.5 cm³/mol. The SMILES string of the molecule is C=C(CBr)[Si](C)(C)c1ccccc1. The van der Waals surface area contributed by atoms with E-state index in [1.807, 2.05) is 0 Å². The molecule has 0 aliphatic heterocycles. The summed E-state index contributed by atoms with van der Waals surface area (Å²) in [5.74, 6) is 0. The summed E-state index contributed by atoms with van der Waals surface area (Å²) in [5, 5.41) is 3.72. The average Bonchev–Trinajstić information content (AvgIpc) is 2.18. The fraction of sp³-hybridized carbons (Fsp3) is 0.273. The number of hydrogen-bond donors (Lipinski definition) is 0. The van der Waals surface area contributed by atoms with E-state index in [1.165, 1.54) is 10.4 Å². The van der Waals surface area contributed by atoms with Crippen molar-refractivity contribution >= 4 is 29.2 Å². The molecule has 1 rings (SSSR count). The Balaban J connectivity index is 3.00. The summed E-state index contributed by atoms with van der Waals surface area (Å²) in [4.78, 5) is 0. The molecule has 0 saturated heterocycles. The van der Waals surface area contributed by atoms with Crippen LogP contribution in [0.4, 0.5) is 0 Å². The molecule has 0 fully saturated rings. The molecule has 0 heterocycles. The van der Waals surface area contributed by atoms with Gasteiger partial charge in [-0.25, -0.2) is 0 Å². The summed E-state index contributed by atoms with van der Waals surface area (Å²) < 4.78 is 0. The van der Waals surface area contributed by atoms with Gasteiger partial charge < -0.3 is 0 Å². The quantitative estimate of drug-likeness (QED) is 0.575. The molecule has 0 amide bonds.